The lowest BCUT2D eigenvalue weighted by atomic mass is 9.84. The van der Waals surface area contributed by atoms with Gasteiger partial charge in [-0.25, -0.2) is 0 Å². The number of hydrogen-bond donors (Lipinski definition) is 0. The predicted octanol–water partition coefficient (Wildman–Crippen LogP) is 4.26. The molecule has 1 aromatic rings. The van der Waals surface area contributed by atoms with E-state index < -0.39 is 0 Å². The molecule has 17 heavy (non-hydrogen) atoms. The van der Waals surface area contributed by atoms with Crippen LogP contribution < -0.4 is 0 Å². The zero-order chi connectivity index (χ0) is 12.9. The monoisotopic (exact) mass is 233 g/mol. The first-order valence-electron chi connectivity index (χ1n) is 6.15. The Morgan fingerprint density at radius 3 is 2.24 bits per heavy atom. The Bertz CT molecular complexity index is 360. The zero-order valence-corrected chi connectivity index (χ0v) is 11.5. The van der Waals surface area contributed by atoms with Crippen molar-refractivity contribution in [3.05, 3.63) is 35.9 Å². The number of oxime groups is 1. The van der Waals surface area contributed by atoms with Gasteiger partial charge in [-0.2, -0.15) is 0 Å². The predicted molar refractivity (Wildman–Crippen MR) is 73.0 cm³/mol. The molecule has 0 amide bonds. The van der Waals surface area contributed by atoms with E-state index in [1.165, 1.54) is 0 Å². The van der Waals surface area contributed by atoms with E-state index in [9.17, 15) is 0 Å². The first kappa shape index (κ1) is 13.8. The SMILES string of the molecule is CC(C)/C(=N/OCc1ccccc1)C(C)(C)C. The van der Waals surface area contributed by atoms with Crippen molar-refractivity contribution in [3.8, 4) is 0 Å². The van der Waals surface area contributed by atoms with Gasteiger partial charge in [0.15, 0.2) is 0 Å². The van der Waals surface area contributed by atoms with Crippen LogP contribution in [0.2, 0.25) is 0 Å². The van der Waals surface area contributed by atoms with E-state index >= 15 is 0 Å². The van der Waals surface area contributed by atoms with Crippen molar-refractivity contribution in [2.75, 3.05) is 0 Å². The Balaban J connectivity index is 2.63. The molecular weight excluding hydrogens is 210 g/mol. The molecule has 2 nitrogen and oxygen atoms in total. The molecule has 1 rings (SSSR count). The van der Waals surface area contributed by atoms with Crippen LogP contribution in [0.4, 0.5) is 0 Å². The average molecular weight is 233 g/mol. The van der Waals surface area contributed by atoms with Crippen LogP contribution in [-0.4, -0.2) is 5.71 Å². The fourth-order valence-electron chi connectivity index (χ4n) is 1.86. The van der Waals surface area contributed by atoms with E-state index in [4.69, 9.17) is 4.84 Å². The summed E-state index contributed by atoms with van der Waals surface area (Å²) in [6.07, 6.45) is 0. The summed E-state index contributed by atoms with van der Waals surface area (Å²) in [6.45, 7) is 11.3. The van der Waals surface area contributed by atoms with Crippen LogP contribution in [0, 0.1) is 11.3 Å². The van der Waals surface area contributed by atoms with Crippen LogP contribution in [-0.2, 0) is 11.4 Å². The van der Waals surface area contributed by atoms with Crippen LogP contribution in [0.25, 0.3) is 0 Å². The van der Waals surface area contributed by atoms with Crippen LogP contribution in [0.15, 0.2) is 35.5 Å². The van der Waals surface area contributed by atoms with E-state index in [2.05, 4.69) is 39.8 Å². The molecule has 94 valence electrons. The van der Waals surface area contributed by atoms with Crippen molar-refractivity contribution >= 4 is 5.71 Å². The molecule has 0 aromatic heterocycles. The molecule has 0 atom stereocenters. The third-order valence-corrected chi connectivity index (χ3v) is 2.55. The third-order valence-electron chi connectivity index (χ3n) is 2.55. The Kier molecular flexibility index (Phi) is 4.73. The van der Waals surface area contributed by atoms with Gasteiger partial charge >= 0.3 is 0 Å². The lowest BCUT2D eigenvalue weighted by Crippen LogP contribution is -2.25. The molecule has 1 aromatic carbocycles. The molecule has 0 saturated heterocycles. The summed E-state index contributed by atoms with van der Waals surface area (Å²) in [7, 11) is 0. The lowest BCUT2D eigenvalue weighted by Gasteiger charge is -2.23. The molecule has 0 unspecified atom stereocenters. The number of hydrogen-bond acceptors (Lipinski definition) is 2. The Labute approximate surface area is 105 Å². The molecule has 0 aliphatic heterocycles. The Morgan fingerprint density at radius 2 is 1.76 bits per heavy atom. The highest BCUT2D eigenvalue weighted by Gasteiger charge is 2.22. The summed E-state index contributed by atoms with van der Waals surface area (Å²) < 4.78 is 0. The fraction of sp³-hybridized carbons (Fsp3) is 0.533. The van der Waals surface area contributed by atoms with Gasteiger partial charge < -0.3 is 4.84 Å². The van der Waals surface area contributed by atoms with Gasteiger partial charge in [0, 0.05) is 5.41 Å². The minimum atomic E-state index is 0.0604. The highest BCUT2D eigenvalue weighted by atomic mass is 16.6. The maximum atomic E-state index is 5.46. The van der Waals surface area contributed by atoms with Crippen LogP contribution in [0.1, 0.15) is 40.2 Å². The second-order valence-corrected chi connectivity index (χ2v) is 5.64. The van der Waals surface area contributed by atoms with Gasteiger partial charge in [-0.3, -0.25) is 0 Å². The highest BCUT2D eigenvalue weighted by Crippen LogP contribution is 2.22. The van der Waals surface area contributed by atoms with Crippen LogP contribution in [0.5, 0.6) is 0 Å². The molecule has 0 fully saturated rings. The second-order valence-electron chi connectivity index (χ2n) is 5.64. The molecule has 2 heteroatoms. The Morgan fingerprint density at radius 1 is 1.18 bits per heavy atom. The first-order chi connectivity index (χ1) is 7.91. The second kappa shape index (κ2) is 5.85. The summed E-state index contributed by atoms with van der Waals surface area (Å²) in [5.74, 6) is 0.408. The third kappa shape index (κ3) is 4.59. The van der Waals surface area contributed by atoms with E-state index in [1.54, 1.807) is 0 Å². The van der Waals surface area contributed by atoms with Gasteiger partial charge in [0.2, 0.25) is 0 Å². The number of rotatable bonds is 4. The van der Waals surface area contributed by atoms with E-state index in [0.717, 1.165) is 11.3 Å². The van der Waals surface area contributed by atoms with E-state index in [1.807, 2.05) is 30.3 Å². The molecule has 0 aliphatic carbocycles. The largest absolute Gasteiger partial charge is 0.391 e. The van der Waals surface area contributed by atoms with Crippen molar-refractivity contribution in [1.29, 1.82) is 0 Å². The molecule has 0 saturated carbocycles. The van der Waals surface area contributed by atoms with Gasteiger partial charge in [-0.05, 0) is 11.5 Å². The van der Waals surface area contributed by atoms with E-state index in [0.29, 0.717) is 12.5 Å². The van der Waals surface area contributed by atoms with Crippen LogP contribution in [0.3, 0.4) is 0 Å². The normalized spacial score (nSPS) is 12.9. The maximum Gasteiger partial charge on any atom is 0.142 e. The number of benzene rings is 1. The standard InChI is InChI=1S/C15H23NO/c1-12(2)14(15(3,4)5)16-17-11-13-9-7-6-8-10-13/h6-10,12H,11H2,1-5H3/b16-14-. The maximum absolute atomic E-state index is 5.46. The number of nitrogens with zero attached hydrogens (tertiary/aromatic N) is 1. The van der Waals surface area contributed by atoms with E-state index in [-0.39, 0.29) is 5.41 Å². The Hall–Kier alpha value is -1.31. The topological polar surface area (TPSA) is 21.6 Å². The van der Waals surface area contributed by atoms with Crippen LogP contribution >= 0.6 is 0 Å². The minimum Gasteiger partial charge on any atom is -0.391 e. The van der Waals surface area contributed by atoms with Gasteiger partial charge in [-0.1, -0.05) is 70.1 Å². The molecule has 0 N–H and O–H groups in total. The molecule has 0 aliphatic rings. The van der Waals surface area contributed by atoms with Gasteiger partial charge in [0.05, 0.1) is 5.71 Å². The summed E-state index contributed by atoms with van der Waals surface area (Å²) in [4.78, 5) is 5.46. The smallest absolute Gasteiger partial charge is 0.142 e. The van der Waals surface area contributed by atoms with Crippen molar-refractivity contribution in [2.45, 2.75) is 41.2 Å². The summed E-state index contributed by atoms with van der Waals surface area (Å²) >= 11 is 0. The van der Waals surface area contributed by atoms with Crippen molar-refractivity contribution in [3.63, 3.8) is 0 Å². The summed E-state index contributed by atoms with van der Waals surface area (Å²) in [6, 6.07) is 10.1. The first-order valence-corrected chi connectivity index (χ1v) is 6.15. The van der Waals surface area contributed by atoms with Gasteiger partial charge in [0.1, 0.15) is 6.61 Å². The molecular formula is C15H23NO. The van der Waals surface area contributed by atoms with Crippen molar-refractivity contribution in [2.24, 2.45) is 16.5 Å². The molecule has 0 heterocycles. The molecule has 0 radical (unpaired) electrons. The van der Waals surface area contributed by atoms with Gasteiger partial charge in [-0.15, -0.1) is 0 Å². The van der Waals surface area contributed by atoms with Crippen molar-refractivity contribution in [1.82, 2.24) is 0 Å². The lowest BCUT2D eigenvalue weighted by molar-refractivity contribution is 0.126. The highest BCUT2D eigenvalue weighted by molar-refractivity contribution is 5.90. The average Bonchev–Trinajstić information content (AvgIpc) is 2.23. The summed E-state index contributed by atoms with van der Waals surface area (Å²) in [5, 5.41) is 4.31. The summed E-state index contributed by atoms with van der Waals surface area (Å²) in [5.41, 5.74) is 2.31. The molecule has 0 bridgehead atoms. The molecule has 0 spiro atoms. The minimum absolute atomic E-state index is 0.0604. The van der Waals surface area contributed by atoms with Crippen molar-refractivity contribution < 1.29 is 4.84 Å². The quantitative estimate of drug-likeness (QED) is 0.562. The zero-order valence-electron chi connectivity index (χ0n) is 11.5. The fourth-order valence-corrected chi connectivity index (χ4v) is 1.86. The van der Waals surface area contributed by atoms with Gasteiger partial charge in [0.25, 0.3) is 0 Å².